The average Bonchev–Trinajstić information content (AvgIpc) is 2.96. The van der Waals surface area contributed by atoms with Crippen molar-refractivity contribution in [2.24, 2.45) is 5.92 Å². The van der Waals surface area contributed by atoms with Gasteiger partial charge in [-0.2, -0.15) is 0 Å². The fraction of sp³-hybridized carbons (Fsp3) is 0.556. The van der Waals surface area contributed by atoms with E-state index in [9.17, 15) is 9.59 Å². The van der Waals surface area contributed by atoms with Gasteiger partial charge in [0.1, 0.15) is 0 Å². The lowest BCUT2D eigenvalue weighted by Gasteiger charge is -2.34. The molecule has 2 amide bonds. The molecule has 2 aliphatic rings. The first-order valence-electron chi connectivity index (χ1n) is 8.36. The smallest absolute Gasteiger partial charge is 0.224 e. The summed E-state index contributed by atoms with van der Waals surface area (Å²) in [5, 5.41) is 6.85. The second kappa shape index (κ2) is 6.52. The fourth-order valence-corrected chi connectivity index (χ4v) is 4.02. The van der Waals surface area contributed by atoms with Crippen LogP contribution in [0.2, 0.25) is 5.02 Å². The predicted octanol–water partition coefficient (Wildman–Crippen LogP) is 3.14. The van der Waals surface area contributed by atoms with E-state index in [1.165, 1.54) is 0 Å². The van der Waals surface area contributed by atoms with Crippen LogP contribution in [0.1, 0.15) is 51.0 Å². The van der Waals surface area contributed by atoms with Crippen molar-refractivity contribution in [3.05, 3.63) is 34.9 Å². The lowest BCUT2D eigenvalue weighted by molar-refractivity contribution is -0.134. The van der Waals surface area contributed by atoms with Gasteiger partial charge in [0.2, 0.25) is 11.8 Å². The van der Waals surface area contributed by atoms with Crippen LogP contribution in [0.15, 0.2) is 24.3 Å². The summed E-state index contributed by atoms with van der Waals surface area (Å²) < 4.78 is 0. The Balaban J connectivity index is 1.78. The van der Waals surface area contributed by atoms with Gasteiger partial charge in [-0.05, 0) is 43.9 Å². The van der Waals surface area contributed by atoms with Gasteiger partial charge in [0.25, 0.3) is 0 Å². The minimum absolute atomic E-state index is 0.00329. The van der Waals surface area contributed by atoms with E-state index in [1.54, 1.807) is 0 Å². The number of benzene rings is 1. The van der Waals surface area contributed by atoms with E-state index in [2.05, 4.69) is 10.6 Å². The fourth-order valence-electron chi connectivity index (χ4n) is 3.90. The summed E-state index contributed by atoms with van der Waals surface area (Å²) in [5.41, 5.74) is 0.805. The Kier molecular flexibility index (Phi) is 4.62. The summed E-state index contributed by atoms with van der Waals surface area (Å²) in [6.07, 6.45) is 5.07. The average molecular weight is 335 g/mol. The van der Waals surface area contributed by atoms with Gasteiger partial charge in [0.15, 0.2) is 0 Å². The zero-order valence-corrected chi connectivity index (χ0v) is 14.2. The number of rotatable bonds is 3. The molecule has 23 heavy (non-hydrogen) atoms. The van der Waals surface area contributed by atoms with Crippen molar-refractivity contribution in [3.8, 4) is 0 Å². The Morgan fingerprint density at radius 1 is 1.26 bits per heavy atom. The third kappa shape index (κ3) is 3.52. The SMILES string of the molecule is C[C@@H]1C[C@H](C(=O)NC2(c3ccc(Cl)cc3)CCCC2)CC(=O)N1. The van der Waals surface area contributed by atoms with Crippen molar-refractivity contribution in [1.82, 2.24) is 10.6 Å². The van der Waals surface area contributed by atoms with Gasteiger partial charge in [-0.3, -0.25) is 9.59 Å². The molecule has 0 bridgehead atoms. The van der Waals surface area contributed by atoms with Gasteiger partial charge in [-0.1, -0.05) is 36.6 Å². The van der Waals surface area contributed by atoms with Crippen LogP contribution in [0, 0.1) is 5.92 Å². The number of piperidine rings is 1. The summed E-state index contributed by atoms with van der Waals surface area (Å²) in [4.78, 5) is 24.5. The Bertz CT molecular complexity index is 594. The van der Waals surface area contributed by atoms with E-state index >= 15 is 0 Å². The van der Waals surface area contributed by atoms with Gasteiger partial charge in [0.05, 0.1) is 5.54 Å². The normalized spacial score (nSPS) is 26.6. The Morgan fingerprint density at radius 3 is 2.52 bits per heavy atom. The number of halogens is 1. The lowest BCUT2D eigenvalue weighted by atomic mass is 9.85. The van der Waals surface area contributed by atoms with Crippen LogP contribution in [0.25, 0.3) is 0 Å². The number of hydrogen-bond donors (Lipinski definition) is 2. The molecular weight excluding hydrogens is 312 g/mol. The number of hydrogen-bond acceptors (Lipinski definition) is 2. The van der Waals surface area contributed by atoms with Gasteiger partial charge in [-0.25, -0.2) is 0 Å². The number of amides is 2. The summed E-state index contributed by atoms with van der Waals surface area (Å²) in [5.74, 6) is -0.261. The molecule has 2 atom stereocenters. The molecule has 5 heteroatoms. The van der Waals surface area contributed by atoms with E-state index in [0.29, 0.717) is 11.4 Å². The summed E-state index contributed by atoms with van der Waals surface area (Å²) in [7, 11) is 0. The standard InChI is InChI=1S/C18H23ClN2O2/c1-12-10-13(11-16(22)20-12)17(23)21-18(8-2-3-9-18)14-4-6-15(19)7-5-14/h4-7,12-13H,2-3,8-11H2,1H3,(H,20,22)(H,21,23)/t12-,13+/m1/s1. The third-order valence-electron chi connectivity index (χ3n) is 5.06. The molecule has 0 radical (unpaired) electrons. The molecule has 1 saturated carbocycles. The number of carbonyl (C=O) groups is 2. The quantitative estimate of drug-likeness (QED) is 0.892. The lowest BCUT2D eigenvalue weighted by Crippen LogP contribution is -2.50. The largest absolute Gasteiger partial charge is 0.354 e. The number of carbonyl (C=O) groups excluding carboxylic acids is 2. The minimum atomic E-state index is -0.307. The Morgan fingerprint density at radius 2 is 1.91 bits per heavy atom. The molecule has 0 unspecified atom stereocenters. The van der Waals surface area contributed by atoms with E-state index < -0.39 is 0 Å². The first-order chi connectivity index (χ1) is 11.0. The molecular formula is C18H23ClN2O2. The maximum atomic E-state index is 12.8. The highest BCUT2D eigenvalue weighted by Gasteiger charge is 2.39. The minimum Gasteiger partial charge on any atom is -0.354 e. The zero-order chi connectivity index (χ0) is 16.4. The van der Waals surface area contributed by atoms with Crippen LogP contribution in [-0.2, 0) is 15.1 Å². The monoisotopic (exact) mass is 334 g/mol. The van der Waals surface area contributed by atoms with Gasteiger partial charge in [0, 0.05) is 23.4 Å². The molecule has 1 aromatic carbocycles. The molecule has 0 aromatic heterocycles. The van der Waals surface area contributed by atoms with Gasteiger partial charge in [-0.15, -0.1) is 0 Å². The Hall–Kier alpha value is -1.55. The van der Waals surface area contributed by atoms with Crippen LogP contribution in [0.4, 0.5) is 0 Å². The van der Waals surface area contributed by atoms with Crippen LogP contribution in [-0.4, -0.2) is 17.9 Å². The van der Waals surface area contributed by atoms with Crippen molar-refractivity contribution in [2.75, 3.05) is 0 Å². The molecule has 4 nitrogen and oxygen atoms in total. The number of nitrogens with one attached hydrogen (secondary N) is 2. The molecule has 1 aliphatic heterocycles. The van der Waals surface area contributed by atoms with Crippen molar-refractivity contribution in [2.45, 2.75) is 57.0 Å². The topological polar surface area (TPSA) is 58.2 Å². The van der Waals surface area contributed by atoms with Gasteiger partial charge >= 0.3 is 0 Å². The molecule has 1 aliphatic carbocycles. The van der Waals surface area contributed by atoms with Crippen molar-refractivity contribution in [3.63, 3.8) is 0 Å². The van der Waals surface area contributed by atoms with E-state index in [0.717, 1.165) is 31.2 Å². The molecule has 1 aromatic rings. The molecule has 1 saturated heterocycles. The van der Waals surface area contributed by atoms with Crippen molar-refractivity contribution >= 4 is 23.4 Å². The molecule has 1 heterocycles. The van der Waals surface area contributed by atoms with Crippen molar-refractivity contribution < 1.29 is 9.59 Å². The maximum absolute atomic E-state index is 12.8. The maximum Gasteiger partial charge on any atom is 0.224 e. The van der Waals surface area contributed by atoms with E-state index in [1.807, 2.05) is 31.2 Å². The third-order valence-corrected chi connectivity index (χ3v) is 5.32. The van der Waals surface area contributed by atoms with Crippen LogP contribution >= 0.6 is 11.6 Å². The molecule has 2 N–H and O–H groups in total. The molecule has 124 valence electrons. The first-order valence-corrected chi connectivity index (χ1v) is 8.74. The van der Waals surface area contributed by atoms with Crippen LogP contribution in [0.5, 0.6) is 0 Å². The molecule has 0 spiro atoms. The van der Waals surface area contributed by atoms with Crippen molar-refractivity contribution in [1.29, 1.82) is 0 Å². The molecule has 2 fully saturated rings. The van der Waals surface area contributed by atoms with E-state index in [4.69, 9.17) is 11.6 Å². The zero-order valence-electron chi connectivity index (χ0n) is 13.4. The predicted molar refractivity (Wildman–Crippen MR) is 90.1 cm³/mol. The summed E-state index contributed by atoms with van der Waals surface area (Å²) in [6.45, 7) is 1.95. The highest BCUT2D eigenvalue weighted by molar-refractivity contribution is 6.30. The van der Waals surface area contributed by atoms with Crippen LogP contribution < -0.4 is 10.6 Å². The second-order valence-corrected chi connectivity index (χ2v) is 7.33. The second-order valence-electron chi connectivity index (χ2n) is 6.89. The highest BCUT2D eigenvalue weighted by atomic mass is 35.5. The van der Waals surface area contributed by atoms with E-state index in [-0.39, 0.29) is 35.7 Å². The first kappa shape index (κ1) is 16.3. The summed E-state index contributed by atoms with van der Waals surface area (Å²) >= 11 is 5.99. The molecule has 3 rings (SSSR count). The Labute approximate surface area is 142 Å². The van der Waals surface area contributed by atoms with Gasteiger partial charge < -0.3 is 10.6 Å². The van der Waals surface area contributed by atoms with Crippen LogP contribution in [0.3, 0.4) is 0 Å². The highest BCUT2D eigenvalue weighted by Crippen LogP contribution is 2.39. The summed E-state index contributed by atoms with van der Waals surface area (Å²) in [6, 6.07) is 7.81.